The highest BCUT2D eigenvalue weighted by molar-refractivity contribution is 8.18. The number of thioether (sulfide) groups is 1. The summed E-state index contributed by atoms with van der Waals surface area (Å²) in [5, 5.41) is 3.16. The highest BCUT2D eigenvalue weighted by atomic mass is 32.2. The Kier molecular flexibility index (Phi) is 6.23. The molecule has 2 aliphatic rings. The highest BCUT2D eigenvalue weighted by Crippen LogP contribution is 2.39. The predicted molar refractivity (Wildman–Crippen MR) is 141 cm³/mol. The maximum atomic E-state index is 13.5. The molecule has 4 nitrogen and oxygen atoms in total. The molecule has 1 saturated carbocycles. The Bertz CT molecular complexity index is 1220. The molecule has 5 rings (SSSR count). The maximum Gasteiger partial charge on any atom is 0.267 e. The van der Waals surface area contributed by atoms with Crippen molar-refractivity contribution in [2.45, 2.75) is 38.1 Å². The van der Waals surface area contributed by atoms with E-state index in [-0.39, 0.29) is 11.9 Å². The summed E-state index contributed by atoms with van der Waals surface area (Å²) < 4.78 is 0. The van der Waals surface area contributed by atoms with Crippen molar-refractivity contribution in [3.63, 3.8) is 0 Å². The minimum atomic E-state index is 0.0862. The van der Waals surface area contributed by atoms with Gasteiger partial charge >= 0.3 is 0 Å². The fraction of sp³-hybridized carbons (Fsp3) is 0.286. The van der Waals surface area contributed by atoms with Gasteiger partial charge in [-0.15, -0.1) is 0 Å². The fourth-order valence-electron chi connectivity index (χ4n) is 4.60. The zero-order chi connectivity index (χ0) is 22.8. The summed E-state index contributed by atoms with van der Waals surface area (Å²) in [7, 11) is 4.06. The zero-order valence-corrected chi connectivity index (χ0v) is 20.0. The van der Waals surface area contributed by atoms with Crippen LogP contribution in [0.25, 0.3) is 16.8 Å². The van der Waals surface area contributed by atoms with Gasteiger partial charge in [-0.3, -0.25) is 9.69 Å². The third-order valence-electron chi connectivity index (χ3n) is 6.44. The second kappa shape index (κ2) is 9.44. The summed E-state index contributed by atoms with van der Waals surface area (Å²) in [5.74, 6) is 0.0862. The van der Waals surface area contributed by atoms with Gasteiger partial charge in [0.2, 0.25) is 0 Å². The number of fused-ring (bicyclic) bond motifs is 1. The first kappa shape index (κ1) is 21.8. The van der Waals surface area contributed by atoms with E-state index < -0.39 is 0 Å². The lowest BCUT2D eigenvalue weighted by molar-refractivity contribution is -0.124. The van der Waals surface area contributed by atoms with Gasteiger partial charge in [0.15, 0.2) is 5.17 Å². The van der Waals surface area contributed by atoms with Crippen molar-refractivity contribution in [3.8, 4) is 0 Å². The van der Waals surface area contributed by atoms with Crippen molar-refractivity contribution in [2.75, 3.05) is 19.0 Å². The average molecular weight is 456 g/mol. The largest absolute Gasteiger partial charge is 0.378 e. The van der Waals surface area contributed by atoms with E-state index in [1.165, 1.54) is 36.4 Å². The molecular formula is C28H29N3OS. The smallest absolute Gasteiger partial charge is 0.267 e. The van der Waals surface area contributed by atoms with Gasteiger partial charge in [0.05, 0.1) is 10.6 Å². The van der Waals surface area contributed by atoms with Crippen LogP contribution in [0.15, 0.2) is 76.6 Å². The number of amides is 1. The van der Waals surface area contributed by atoms with Gasteiger partial charge in [0, 0.05) is 25.8 Å². The van der Waals surface area contributed by atoms with E-state index in [0.29, 0.717) is 0 Å². The lowest BCUT2D eigenvalue weighted by atomic mass is 9.94. The van der Waals surface area contributed by atoms with Crippen LogP contribution in [0.1, 0.15) is 37.7 Å². The fourth-order valence-corrected chi connectivity index (χ4v) is 5.66. The SMILES string of the molecule is CN(C)c1ccc(C=C2SC(=Nc3ccc4ccccc4c3)N(C3CCCCC3)C2=O)cc1. The Labute approximate surface area is 200 Å². The topological polar surface area (TPSA) is 35.9 Å². The van der Waals surface area contributed by atoms with Gasteiger partial charge < -0.3 is 4.90 Å². The summed E-state index contributed by atoms with van der Waals surface area (Å²) in [4.78, 5) is 23.3. The number of hydrogen-bond donors (Lipinski definition) is 0. The number of anilines is 1. The summed E-state index contributed by atoms with van der Waals surface area (Å²) in [6, 6.07) is 23.1. The standard InChI is InChI=1S/C28H29N3OS/c1-30(2)24-16-12-20(13-17-24)18-26-27(32)31(25-10-4-3-5-11-25)28(33-26)29-23-15-14-21-8-6-7-9-22(21)19-23/h6-9,12-19,25H,3-5,10-11H2,1-2H3. The molecule has 1 saturated heterocycles. The molecule has 0 spiro atoms. The first-order chi connectivity index (χ1) is 16.1. The van der Waals surface area contributed by atoms with Crippen molar-refractivity contribution in [1.82, 2.24) is 4.90 Å². The van der Waals surface area contributed by atoms with Gasteiger partial charge in [0.1, 0.15) is 0 Å². The number of benzene rings is 3. The third-order valence-corrected chi connectivity index (χ3v) is 7.42. The second-order valence-corrected chi connectivity index (χ2v) is 10.00. The first-order valence-electron chi connectivity index (χ1n) is 11.7. The first-order valence-corrected chi connectivity index (χ1v) is 12.5. The lowest BCUT2D eigenvalue weighted by Crippen LogP contribution is -2.40. The van der Waals surface area contributed by atoms with Crippen molar-refractivity contribution in [1.29, 1.82) is 0 Å². The molecule has 3 aromatic carbocycles. The van der Waals surface area contributed by atoms with Gasteiger partial charge in [-0.2, -0.15) is 0 Å². The Morgan fingerprint density at radius 3 is 2.39 bits per heavy atom. The Morgan fingerprint density at radius 2 is 1.67 bits per heavy atom. The molecule has 168 valence electrons. The monoisotopic (exact) mass is 455 g/mol. The average Bonchev–Trinajstić information content (AvgIpc) is 3.14. The zero-order valence-electron chi connectivity index (χ0n) is 19.2. The Hall–Kier alpha value is -3.05. The van der Waals surface area contributed by atoms with Crippen molar-refractivity contribution in [3.05, 3.63) is 77.2 Å². The van der Waals surface area contributed by atoms with Gasteiger partial charge in [-0.05, 0) is 71.3 Å². The number of amidine groups is 1. The van der Waals surface area contributed by atoms with Crippen LogP contribution in [0.4, 0.5) is 11.4 Å². The van der Waals surface area contributed by atoms with E-state index in [9.17, 15) is 4.79 Å². The summed E-state index contributed by atoms with van der Waals surface area (Å²) in [6.45, 7) is 0. The molecule has 0 radical (unpaired) electrons. The highest BCUT2D eigenvalue weighted by Gasteiger charge is 2.38. The summed E-state index contributed by atoms with van der Waals surface area (Å²) in [6.07, 6.45) is 7.71. The molecule has 0 unspecified atom stereocenters. The lowest BCUT2D eigenvalue weighted by Gasteiger charge is -2.30. The minimum absolute atomic E-state index is 0.0862. The van der Waals surface area contributed by atoms with Crippen LogP contribution in [0.2, 0.25) is 0 Å². The summed E-state index contributed by atoms with van der Waals surface area (Å²) in [5.41, 5.74) is 3.07. The predicted octanol–water partition coefficient (Wildman–Crippen LogP) is 6.84. The molecule has 0 N–H and O–H groups in total. The van der Waals surface area contributed by atoms with Crippen LogP contribution in [0.5, 0.6) is 0 Å². The van der Waals surface area contributed by atoms with E-state index >= 15 is 0 Å². The molecule has 1 aliphatic carbocycles. The summed E-state index contributed by atoms with van der Waals surface area (Å²) >= 11 is 1.50. The van der Waals surface area contributed by atoms with Crippen LogP contribution >= 0.6 is 11.8 Å². The third kappa shape index (κ3) is 4.69. The number of nitrogens with zero attached hydrogens (tertiary/aromatic N) is 3. The molecule has 0 bridgehead atoms. The quantitative estimate of drug-likeness (QED) is 0.404. The molecule has 1 aliphatic heterocycles. The van der Waals surface area contributed by atoms with E-state index in [1.54, 1.807) is 0 Å². The van der Waals surface area contributed by atoms with Crippen molar-refractivity contribution >= 4 is 51.1 Å². The van der Waals surface area contributed by atoms with E-state index in [2.05, 4.69) is 53.4 Å². The molecule has 1 heterocycles. The molecule has 5 heteroatoms. The number of aliphatic imine (C=N–C) groups is 1. The van der Waals surface area contributed by atoms with Gasteiger partial charge in [-0.25, -0.2) is 4.99 Å². The molecule has 1 amide bonds. The van der Waals surface area contributed by atoms with E-state index in [4.69, 9.17) is 4.99 Å². The Balaban J connectivity index is 1.50. The van der Waals surface area contributed by atoms with Gasteiger partial charge in [-0.1, -0.05) is 61.7 Å². The molecule has 33 heavy (non-hydrogen) atoms. The minimum Gasteiger partial charge on any atom is -0.378 e. The van der Waals surface area contributed by atoms with E-state index in [1.807, 2.05) is 43.3 Å². The van der Waals surface area contributed by atoms with Crippen LogP contribution in [0.3, 0.4) is 0 Å². The molecule has 3 aromatic rings. The van der Waals surface area contributed by atoms with Gasteiger partial charge in [0.25, 0.3) is 5.91 Å². The normalized spacial score (nSPS) is 19.7. The van der Waals surface area contributed by atoms with Crippen molar-refractivity contribution < 1.29 is 4.79 Å². The van der Waals surface area contributed by atoms with Crippen LogP contribution in [-0.2, 0) is 4.79 Å². The Morgan fingerprint density at radius 1 is 0.939 bits per heavy atom. The second-order valence-electron chi connectivity index (χ2n) is 8.99. The molecular weight excluding hydrogens is 426 g/mol. The van der Waals surface area contributed by atoms with Crippen LogP contribution < -0.4 is 4.90 Å². The molecule has 0 atom stereocenters. The molecule has 0 aromatic heterocycles. The molecule has 2 fully saturated rings. The van der Waals surface area contributed by atoms with Crippen molar-refractivity contribution in [2.24, 2.45) is 4.99 Å². The number of carbonyl (C=O) groups excluding carboxylic acids is 1. The number of hydrogen-bond acceptors (Lipinski definition) is 4. The maximum absolute atomic E-state index is 13.5. The van der Waals surface area contributed by atoms with E-state index in [0.717, 1.165) is 45.2 Å². The van der Waals surface area contributed by atoms with Crippen LogP contribution in [0, 0.1) is 0 Å². The number of rotatable bonds is 4. The van der Waals surface area contributed by atoms with Crippen LogP contribution in [-0.4, -0.2) is 36.1 Å². The number of carbonyl (C=O) groups is 1.